The maximum Gasteiger partial charge on any atom is 0.251 e. The van der Waals surface area contributed by atoms with Gasteiger partial charge in [-0.15, -0.1) is 0 Å². The van der Waals surface area contributed by atoms with Crippen LogP contribution in [0.25, 0.3) is 10.9 Å². The summed E-state index contributed by atoms with van der Waals surface area (Å²) in [5, 5.41) is 4.22. The normalized spacial score (nSPS) is 16.9. The van der Waals surface area contributed by atoms with Crippen LogP contribution in [0.15, 0.2) is 48.7 Å². The number of nitrogens with zero attached hydrogens (tertiary/aromatic N) is 1. The molecule has 2 aromatic carbocycles. The molecule has 1 aliphatic rings. The first-order chi connectivity index (χ1) is 13.6. The number of amides is 2. The van der Waals surface area contributed by atoms with Gasteiger partial charge in [-0.1, -0.05) is 6.07 Å². The van der Waals surface area contributed by atoms with Gasteiger partial charge in [0.2, 0.25) is 5.91 Å². The van der Waals surface area contributed by atoms with Gasteiger partial charge in [-0.25, -0.2) is 9.29 Å². The second kappa shape index (κ2) is 7.44. The largest absolute Gasteiger partial charge is 0.497 e. The molecule has 144 valence electrons. The third-order valence-corrected chi connectivity index (χ3v) is 4.97. The molecule has 1 saturated heterocycles. The average Bonchev–Trinajstić information content (AvgIpc) is 3.21. The number of aromatic nitrogens is 1. The first kappa shape index (κ1) is 18.2. The Hall–Kier alpha value is -3.19. The number of aromatic amines is 1. The zero-order valence-corrected chi connectivity index (χ0v) is 15.4. The van der Waals surface area contributed by atoms with Gasteiger partial charge in [-0.3, -0.25) is 9.59 Å². The Morgan fingerprint density at radius 1 is 1.25 bits per heavy atom. The topological polar surface area (TPSA) is 74.4 Å². The van der Waals surface area contributed by atoms with Gasteiger partial charge in [0.1, 0.15) is 11.6 Å². The molecule has 0 saturated carbocycles. The van der Waals surface area contributed by atoms with Crippen molar-refractivity contribution < 1.29 is 18.7 Å². The van der Waals surface area contributed by atoms with E-state index in [4.69, 9.17) is 4.74 Å². The Labute approximate surface area is 161 Å². The maximum absolute atomic E-state index is 13.4. The smallest absolute Gasteiger partial charge is 0.251 e. The molecule has 2 amide bonds. The summed E-state index contributed by atoms with van der Waals surface area (Å²) in [5.41, 5.74) is 2.38. The second-order valence-corrected chi connectivity index (χ2v) is 6.73. The number of carbonyl (C=O) groups is 2. The number of nitrogens with one attached hydrogen (secondary N) is 2. The Kier molecular flexibility index (Phi) is 4.83. The quantitative estimate of drug-likeness (QED) is 0.644. The molecule has 1 aliphatic heterocycles. The van der Waals surface area contributed by atoms with Crippen molar-refractivity contribution in [2.75, 3.05) is 18.6 Å². The highest BCUT2D eigenvalue weighted by molar-refractivity contribution is 6.22. The van der Waals surface area contributed by atoms with E-state index in [0.29, 0.717) is 13.0 Å². The summed E-state index contributed by atoms with van der Waals surface area (Å²) in [4.78, 5) is 29.2. The summed E-state index contributed by atoms with van der Waals surface area (Å²) < 4.78 is 18.7. The molecule has 4 rings (SSSR count). The Morgan fingerprint density at radius 3 is 2.89 bits per heavy atom. The molecule has 0 bridgehead atoms. The van der Waals surface area contributed by atoms with Crippen molar-refractivity contribution in [3.8, 4) is 5.75 Å². The van der Waals surface area contributed by atoms with Crippen LogP contribution < -0.4 is 15.0 Å². The Balaban J connectivity index is 1.42. The number of carbonyl (C=O) groups excluding carboxylic acids is 2. The fourth-order valence-electron chi connectivity index (χ4n) is 3.55. The molecule has 0 aliphatic carbocycles. The van der Waals surface area contributed by atoms with Gasteiger partial charge in [0, 0.05) is 23.6 Å². The van der Waals surface area contributed by atoms with E-state index in [1.54, 1.807) is 13.2 Å². The van der Waals surface area contributed by atoms with Crippen molar-refractivity contribution in [2.24, 2.45) is 0 Å². The number of imide groups is 1. The number of benzene rings is 2. The predicted octanol–water partition coefficient (Wildman–Crippen LogP) is 2.78. The summed E-state index contributed by atoms with van der Waals surface area (Å²) in [6, 6.07) is 10.7. The summed E-state index contributed by atoms with van der Waals surface area (Å²) >= 11 is 0. The van der Waals surface area contributed by atoms with Crippen LogP contribution in [0.2, 0.25) is 0 Å². The minimum Gasteiger partial charge on any atom is -0.497 e. The van der Waals surface area contributed by atoms with Crippen molar-refractivity contribution in [3.05, 3.63) is 60.0 Å². The molecule has 1 atom stereocenters. The molecular formula is C21H20FN3O3. The number of hydrogen-bond acceptors (Lipinski definition) is 4. The van der Waals surface area contributed by atoms with Crippen molar-refractivity contribution >= 4 is 28.4 Å². The highest BCUT2D eigenvalue weighted by atomic mass is 19.1. The van der Waals surface area contributed by atoms with Crippen LogP contribution in [0.5, 0.6) is 5.75 Å². The van der Waals surface area contributed by atoms with Gasteiger partial charge in [-0.2, -0.15) is 0 Å². The molecule has 2 heterocycles. The number of H-pyrrole nitrogens is 1. The minimum atomic E-state index is -0.601. The van der Waals surface area contributed by atoms with E-state index in [0.717, 1.165) is 27.1 Å². The van der Waals surface area contributed by atoms with Crippen LogP contribution in [0.3, 0.4) is 0 Å². The molecule has 1 unspecified atom stereocenters. The van der Waals surface area contributed by atoms with E-state index in [-0.39, 0.29) is 23.9 Å². The van der Waals surface area contributed by atoms with Gasteiger partial charge in [0.05, 0.1) is 25.3 Å². The third-order valence-electron chi connectivity index (χ3n) is 4.97. The van der Waals surface area contributed by atoms with Crippen molar-refractivity contribution in [1.29, 1.82) is 0 Å². The average molecular weight is 381 g/mol. The van der Waals surface area contributed by atoms with Crippen LogP contribution in [0, 0.1) is 5.82 Å². The molecule has 6 nitrogen and oxygen atoms in total. The molecule has 1 aromatic heterocycles. The van der Waals surface area contributed by atoms with Gasteiger partial charge in [0.15, 0.2) is 0 Å². The van der Waals surface area contributed by atoms with Crippen LogP contribution in [-0.4, -0.2) is 36.5 Å². The standard InChI is InChI=1S/C21H20FN3O3/c1-28-16-5-6-18-17(10-16)13(12-24-18)7-8-23-19-11-20(26)25(21(19)27)15-4-2-3-14(22)9-15/h2-6,9-10,12,19,23-24H,7-8,11H2,1H3. The molecule has 0 radical (unpaired) electrons. The van der Waals surface area contributed by atoms with Crippen molar-refractivity contribution in [3.63, 3.8) is 0 Å². The van der Waals surface area contributed by atoms with E-state index < -0.39 is 11.9 Å². The summed E-state index contributed by atoms with van der Waals surface area (Å²) in [6.45, 7) is 0.533. The second-order valence-electron chi connectivity index (χ2n) is 6.73. The van der Waals surface area contributed by atoms with Gasteiger partial charge in [0.25, 0.3) is 5.91 Å². The van der Waals surface area contributed by atoms with Crippen molar-refractivity contribution in [1.82, 2.24) is 10.3 Å². The van der Waals surface area contributed by atoms with Crippen molar-refractivity contribution in [2.45, 2.75) is 18.9 Å². The van der Waals surface area contributed by atoms with Gasteiger partial charge < -0.3 is 15.0 Å². The number of halogens is 1. The van der Waals surface area contributed by atoms with E-state index >= 15 is 0 Å². The first-order valence-corrected chi connectivity index (χ1v) is 9.06. The molecule has 7 heteroatoms. The number of rotatable bonds is 6. The SMILES string of the molecule is COc1ccc2[nH]cc(CCNC3CC(=O)N(c4cccc(F)c4)C3=O)c2c1. The monoisotopic (exact) mass is 381 g/mol. The lowest BCUT2D eigenvalue weighted by molar-refractivity contribution is -0.121. The molecule has 2 N–H and O–H groups in total. The predicted molar refractivity (Wildman–Crippen MR) is 104 cm³/mol. The summed E-state index contributed by atoms with van der Waals surface area (Å²) in [7, 11) is 1.63. The Bertz CT molecular complexity index is 1050. The number of hydrogen-bond donors (Lipinski definition) is 2. The zero-order valence-electron chi connectivity index (χ0n) is 15.4. The van der Waals surface area contributed by atoms with Crippen LogP contribution in [0.1, 0.15) is 12.0 Å². The molecular weight excluding hydrogens is 361 g/mol. The van der Waals surface area contributed by atoms with E-state index in [1.165, 1.54) is 18.2 Å². The molecule has 3 aromatic rings. The fourth-order valence-corrected chi connectivity index (χ4v) is 3.55. The lowest BCUT2D eigenvalue weighted by Crippen LogP contribution is -2.39. The van der Waals surface area contributed by atoms with Gasteiger partial charge >= 0.3 is 0 Å². The number of methoxy groups -OCH3 is 1. The number of ether oxygens (including phenoxy) is 1. The number of anilines is 1. The third kappa shape index (κ3) is 3.36. The summed E-state index contributed by atoms with van der Waals surface area (Å²) in [5.74, 6) is -0.381. The summed E-state index contributed by atoms with van der Waals surface area (Å²) in [6.07, 6.45) is 2.69. The zero-order chi connectivity index (χ0) is 19.7. The van der Waals surface area contributed by atoms with Gasteiger partial charge in [-0.05, 0) is 48.4 Å². The Morgan fingerprint density at radius 2 is 2.11 bits per heavy atom. The molecule has 28 heavy (non-hydrogen) atoms. The highest BCUT2D eigenvalue weighted by Gasteiger charge is 2.39. The van der Waals surface area contributed by atoms with E-state index in [1.807, 2.05) is 24.4 Å². The van der Waals surface area contributed by atoms with Crippen LogP contribution >= 0.6 is 0 Å². The lowest BCUT2D eigenvalue weighted by atomic mass is 10.1. The van der Waals surface area contributed by atoms with Crippen LogP contribution in [-0.2, 0) is 16.0 Å². The number of fused-ring (bicyclic) bond motifs is 1. The molecule has 0 spiro atoms. The van der Waals surface area contributed by atoms with E-state index in [2.05, 4.69) is 10.3 Å². The fraction of sp³-hybridized carbons (Fsp3) is 0.238. The lowest BCUT2D eigenvalue weighted by Gasteiger charge is -2.15. The minimum absolute atomic E-state index is 0.0665. The molecule has 1 fully saturated rings. The van der Waals surface area contributed by atoms with Crippen LogP contribution in [0.4, 0.5) is 10.1 Å². The first-order valence-electron chi connectivity index (χ1n) is 9.06. The highest BCUT2D eigenvalue weighted by Crippen LogP contribution is 2.25. The maximum atomic E-state index is 13.4. The van der Waals surface area contributed by atoms with E-state index in [9.17, 15) is 14.0 Å².